The van der Waals surface area contributed by atoms with Gasteiger partial charge in [-0.15, -0.1) is 0 Å². The summed E-state index contributed by atoms with van der Waals surface area (Å²) < 4.78 is 2.08. The van der Waals surface area contributed by atoms with E-state index >= 15 is 0 Å². The van der Waals surface area contributed by atoms with Crippen molar-refractivity contribution in [3.05, 3.63) is 106 Å². The lowest BCUT2D eigenvalue weighted by Crippen LogP contribution is -2.33. The van der Waals surface area contributed by atoms with Crippen LogP contribution in [0.25, 0.3) is 11.4 Å². The van der Waals surface area contributed by atoms with Crippen molar-refractivity contribution in [3.8, 4) is 11.4 Å². The molecular formula is C24H21ClN4OS. The minimum atomic E-state index is -0.156. The van der Waals surface area contributed by atoms with Gasteiger partial charge in [-0.2, -0.15) is 5.10 Å². The Morgan fingerprint density at radius 2 is 1.65 bits per heavy atom. The van der Waals surface area contributed by atoms with E-state index in [9.17, 15) is 4.79 Å². The van der Waals surface area contributed by atoms with E-state index in [0.717, 1.165) is 16.7 Å². The van der Waals surface area contributed by atoms with E-state index in [1.54, 1.807) is 16.7 Å². The lowest BCUT2D eigenvalue weighted by molar-refractivity contribution is -0.122. The molecule has 31 heavy (non-hydrogen) atoms. The largest absolute Gasteiger partial charge is 0.347 e. The summed E-state index contributed by atoms with van der Waals surface area (Å²) in [6, 6.07) is 27.2. The van der Waals surface area contributed by atoms with Crippen LogP contribution in [0.2, 0.25) is 5.02 Å². The molecule has 4 aromatic rings. The van der Waals surface area contributed by atoms with Crippen LogP contribution in [0.1, 0.15) is 17.2 Å². The zero-order chi connectivity index (χ0) is 21.6. The quantitative estimate of drug-likeness (QED) is 0.374. The topological polar surface area (TPSA) is 62.7 Å². The van der Waals surface area contributed by atoms with E-state index in [-0.39, 0.29) is 18.5 Å². The minimum absolute atomic E-state index is 0.0609. The van der Waals surface area contributed by atoms with E-state index in [2.05, 4.69) is 27.6 Å². The van der Waals surface area contributed by atoms with Crippen LogP contribution in [0.4, 0.5) is 0 Å². The fourth-order valence-corrected chi connectivity index (χ4v) is 3.78. The maximum Gasteiger partial charge on any atom is 0.240 e. The average molecular weight is 449 g/mol. The Hall–Kier alpha value is -3.22. The third-order valence-electron chi connectivity index (χ3n) is 4.98. The van der Waals surface area contributed by atoms with Gasteiger partial charge in [-0.3, -0.25) is 14.5 Å². The number of aromatic amines is 1. The molecule has 5 nitrogen and oxygen atoms in total. The van der Waals surface area contributed by atoms with Gasteiger partial charge in [-0.05, 0) is 54.0 Å². The summed E-state index contributed by atoms with van der Waals surface area (Å²) in [5.41, 5.74) is 3.03. The van der Waals surface area contributed by atoms with Gasteiger partial charge in [-0.25, -0.2) is 0 Å². The third-order valence-corrected chi connectivity index (χ3v) is 5.55. The summed E-state index contributed by atoms with van der Waals surface area (Å²) in [4.78, 5) is 13.0. The molecule has 1 aromatic heterocycles. The molecule has 0 aliphatic heterocycles. The summed E-state index contributed by atoms with van der Waals surface area (Å²) in [7, 11) is 0. The second kappa shape index (κ2) is 9.73. The molecule has 1 atom stereocenters. The highest BCUT2D eigenvalue weighted by Gasteiger charge is 2.18. The van der Waals surface area contributed by atoms with Crippen molar-refractivity contribution in [3.63, 3.8) is 0 Å². The van der Waals surface area contributed by atoms with Crippen LogP contribution >= 0.6 is 23.8 Å². The molecule has 1 heterocycles. The Labute approximate surface area is 190 Å². The predicted octanol–water partition coefficient (Wildman–Crippen LogP) is 5.36. The molecule has 0 saturated heterocycles. The second-order valence-electron chi connectivity index (χ2n) is 7.17. The molecule has 0 aliphatic rings. The van der Waals surface area contributed by atoms with Crippen molar-refractivity contribution in [2.24, 2.45) is 0 Å². The van der Waals surface area contributed by atoms with Crippen LogP contribution < -0.4 is 5.32 Å². The highest BCUT2D eigenvalue weighted by atomic mass is 35.5. The van der Waals surface area contributed by atoms with Crippen LogP contribution in [0, 0.1) is 4.77 Å². The number of nitrogens with one attached hydrogen (secondary N) is 2. The molecule has 0 bridgehead atoms. The van der Waals surface area contributed by atoms with Crippen LogP contribution in [0.5, 0.6) is 0 Å². The molecule has 7 heteroatoms. The smallest absolute Gasteiger partial charge is 0.240 e. The SMILES string of the molecule is O=C(Cn1c(-c2ccc(Cl)cc2)n[nH]c1=S)NC(Cc1ccccc1)c1ccccc1. The molecule has 0 radical (unpaired) electrons. The minimum Gasteiger partial charge on any atom is -0.347 e. The van der Waals surface area contributed by atoms with Crippen molar-refractivity contribution >= 4 is 29.7 Å². The van der Waals surface area contributed by atoms with Gasteiger partial charge in [0, 0.05) is 10.6 Å². The van der Waals surface area contributed by atoms with Gasteiger partial charge >= 0.3 is 0 Å². The number of nitrogens with zero attached hydrogens (tertiary/aromatic N) is 2. The number of benzene rings is 3. The fraction of sp³-hybridized carbons (Fsp3) is 0.125. The Morgan fingerprint density at radius 3 is 2.32 bits per heavy atom. The summed E-state index contributed by atoms with van der Waals surface area (Å²) in [6.07, 6.45) is 0.692. The first-order valence-electron chi connectivity index (χ1n) is 9.89. The zero-order valence-electron chi connectivity index (χ0n) is 16.7. The highest BCUT2D eigenvalue weighted by Crippen LogP contribution is 2.21. The Kier molecular flexibility index (Phi) is 6.60. The number of halogens is 1. The van der Waals surface area contributed by atoms with Crippen molar-refractivity contribution in [2.75, 3.05) is 0 Å². The van der Waals surface area contributed by atoms with Gasteiger partial charge in [0.25, 0.3) is 0 Å². The molecular weight excluding hydrogens is 428 g/mol. The molecule has 1 amide bonds. The third kappa shape index (κ3) is 5.29. The second-order valence-corrected chi connectivity index (χ2v) is 7.99. The number of carbonyl (C=O) groups excluding carboxylic acids is 1. The molecule has 0 fully saturated rings. The molecule has 156 valence electrons. The average Bonchev–Trinajstić information content (AvgIpc) is 3.15. The summed E-state index contributed by atoms with van der Waals surface area (Å²) in [5, 5.41) is 10.9. The highest BCUT2D eigenvalue weighted by molar-refractivity contribution is 7.71. The molecule has 4 rings (SSSR count). The van der Waals surface area contributed by atoms with Gasteiger partial charge in [0.1, 0.15) is 6.54 Å². The van der Waals surface area contributed by atoms with E-state index < -0.39 is 0 Å². The number of carbonyl (C=O) groups is 1. The maximum absolute atomic E-state index is 13.0. The lowest BCUT2D eigenvalue weighted by atomic mass is 9.99. The Morgan fingerprint density at radius 1 is 1.00 bits per heavy atom. The molecule has 2 N–H and O–H groups in total. The van der Waals surface area contributed by atoms with Gasteiger partial charge in [-0.1, -0.05) is 72.3 Å². The fourth-order valence-electron chi connectivity index (χ4n) is 3.45. The zero-order valence-corrected chi connectivity index (χ0v) is 18.2. The molecule has 0 spiro atoms. The van der Waals surface area contributed by atoms with Crippen molar-refractivity contribution in [1.82, 2.24) is 20.1 Å². The first-order valence-corrected chi connectivity index (χ1v) is 10.7. The summed E-state index contributed by atoms with van der Waals surface area (Å²) in [5.74, 6) is 0.452. The normalized spacial score (nSPS) is 11.8. The van der Waals surface area contributed by atoms with E-state index in [1.807, 2.05) is 60.7 Å². The van der Waals surface area contributed by atoms with Crippen molar-refractivity contribution < 1.29 is 4.79 Å². The molecule has 0 aliphatic carbocycles. The van der Waals surface area contributed by atoms with Crippen molar-refractivity contribution in [2.45, 2.75) is 19.0 Å². The van der Waals surface area contributed by atoms with Gasteiger partial charge in [0.05, 0.1) is 6.04 Å². The first kappa shape index (κ1) is 21.0. The van der Waals surface area contributed by atoms with Crippen LogP contribution in [-0.2, 0) is 17.8 Å². The van der Waals surface area contributed by atoms with Crippen LogP contribution in [0.3, 0.4) is 0 Å². The predicted molar refractivity (Wildman–Crippen MR) is 125 cm³/mol. The van der Waals surface area contributed by atoms with Crippen LogP contribution in [0.15, 0.2) is 84.9 Å². The Balaban J connectivity index is 1.55. The molecule has 0 saturated carbocycles. The number of rotatable bonds is 7. The number of H-pyrrole nitrogens is 1. The molecule has 1 unspecified atom stereocenters. The van der Waals surface area contributed by atoms with E-state index in [0.29, 0.717) is 22.0 Å². The van der Waals surface area contributed by atoms with Gasteiger partial charge < -0.3 is 5.32 Å². The number of aromatic nitrogens is 3. The first-order chi connectivity index (χ1) is 15.1. The maximum atomic E-state index is 13.0. The number of hydrogen-bond acceptors (Lipinski definition) is 3. The van der Waals surface area contributed by atoms with Gasteiger partial charge in [0.2, 0.25) is 5.91 Å². The monoisotopic (exact) mass is 448 g/mol. The Bertz CT molecular complexity index is 1200. The van der Waals surface area contributed by atoms with E-state index in [4.69, 9.17) is 23.8 Å². The van der Waals surface area contributed by atoms with Crippen LogP contribution in [-0.4, -0.2) is 20.7 Å². The summed E-state index contributed by atoms with van der Waals surface area (Å²) in [6.45, 7) is 0.0609. The lowest BCUT2D eigenvalue weighted by Gasteiger charge is -2.20. The van der Waals surface area contributed by atoms with E-state index in [1.165, 1.54) is 0 Å². The standard InChI is InChI=1S/C24H21ClN4OS/c25-20-13-11-19(12-14-20)23-27-28-24(31)29(23)16-22(30)26-21(18-9-5-2-6-10-18)15-17-7-3-1-4-8-17/h1-14,21H,15-16H2,(H,26,30)(H,28,31). The summed E-state index contributed by atoms with van der Waals surface area (Å²) >= 11 is 11.4. The van der Waals surface area contributed by atoms with Crippen molar-refractivity contribution in [1.29, 1.82) is 0 Å². The molecule has 3 aromatic carbocycles. The number of hydrogen-bond donors (Lipinski definition) is 2. The number of amides is 1. The van der Waals surface area contributed by atoms with Gasteiger partial charge in [0.15, 0.2) is 10.6 Å².